The Kier molecular flexibility index (Phi) is 4.43. The number of halogens is 10. The number of aliphatic hydroxyl groups is 2. The van der Waals surface area contributed by atoms with Crippen LogP contribution in [0.1, 0.15) is 11.1 Å². The standard InChI is InChI=1S/C11H6F10O2/c12-8(23,11(19,20)21)6-3-1-2-5(4-6)7(22,9(13,14)15)10(16,17)18/h1-4,22-23H. The minimum absolute atomic E-state index is 0.00304. The Morgan fingerprint density at radius 1 is 0.609 bits per heavy atom. The Labute approximate surface area is 120 Å². The van der Waals surface area contributed by atoms with Gasteiger partial charge in [0.1, 0.15) is 0 Å². The van der Waals surface area contributed by atoms with Crippen LogP contribution in [0.5, 0.6) is 0 Å². The van der Waals surface area contributed by atoms with Crippen LogP contribution in [0.4, 0.5) is 43.9 Å². The van der Waals surface area contributed by atoms with Crippen LogP contribution in [0.3, 0.4) is 0 Å². The molecule has 0 bridgehead atoms. The van der Waals surface area contributed by atoms with Gasteiger partial charge in [-0.2, -0.15) is 43.9 Å². The van der Waals surface area contributed by atoms with E-state index >= 15 is 0 Å². The SMILES string of the molecule is OC(F)(c1cccc(C(O)(C(F)(F)F)C(F)(F)F)c1)C(F)(F)F. The van der Waals surface area contributed by atoms with Crippen molar-refractivity contribution in [2.24, 2.45) is 0 Å². The number of alkyl halides is 10. The van der Waals surface area contributed by atoms with E-state index in [0.29, 0.717) is 0 Å². The highest BCUT2D eigenvalue weighted by atomic mass is 19.4. The van der Waals surface area contributed by atoms with Gasteiger partial charge in [0.25, 0.3) is 5.60 Å². The van der Waals surface area contributed by atoms with E-state index in [1.165, 1.54) is 0 Å². The molecule has 0 aromatic heterocycles. The zero-order valence-electron chi connectivity index (χ0n) is 10.5. The molecule has 1 aromatic carbocycles. The van der Waals surface area contributed by atoms with Crippen molar-refractivity contribution in [2.75, 3.05) is 0 Å². The largest absolute Gasteiger partial charge is 0.453 e. The van der Waals surface area contributed by atoms with Crippen LogP contribution in [0.2, 0.25) is 0 Å². The first-order valence-electron chi connectivity index (χ1n) is 5.41. The summed E-state index contributed by atoms with van der Waals surface area (Å²) in [7, 11) is 0. The van der Waals surface area contributed by atoms with E-state index in [1.54, 1.807) is 0 Å². The Morgan fingerprint density at radius 2 is 1.00 bits per heavy atom. The van der Waals surface area contributed by atoms with Crippen molar-refractivity contribution in [2.45, 2.75) is 30.0 Å². The van der Waals surface area contributed by atoms with Crippen LogP contribution in [0, 0.1) is 0 Å². The summed E-state index contributed by atoms with van der Waals surface area (Å²) in [5, 5.41) is 17.7. The molecule has 1 unspecified atom stereocenters. The highest BCUT2D eigenvalue weighted by Crippen LogP contribution is 2.51. The summed E-state index contributed by atoms with van der Waals surface area (Å²) in [4.78, 5) is 0. The molecule has 23 heavy (non-hydrogen) atoms. The number of hydrogen-bond acceptors (Lipinski definition) is 2. The van der Waals surface area contributed by atoms with Crippen molar-refractivity contribution in [3.63, 3.8) is 0 Å². The van der Waals surface area contributed by atoms with Gasteiger partial charge in [-0.3, -0.25) is 0 Å². The molecule has 0 aliphatic carbocycles. The maximum Gasteiger partial charge on any atom is 0.453 e. The van der Waals surface area contributed by atoms with Gasteiger partial charge in [-0.1, -0.05) is 18.2 Å². The van der Waals surface area contributed by atoms with Crippen molar-refractivity contribution >= 4 is 0 Å². The summed E-state index contributed by atoms with van der Waals surface area (Å²) in [5.41, 5.74) is -9.62. The second-order valence-corrected chi connectivity index (χ2v) is 4.41. The van der Waals surface area contributed by atoms with Crippen LogP contribution >= 0.6 is 0 Å². The second-order valence-electron chi connectivity index (χ2n) is 4.41. The summed E-state index contributed by atoms with van der Waals surface area (Å²) in [6, 6.07) is -0.251. The van der Waals surface area contributed by atoms with Gasteiger partial charge in [0, 0.05) is 11.1 Å². The van der Waals surface area contributed by atoms with Crippen molar-refractivity contribution in [3.05, 3.63) is 35.4 Å². The van der Waals surface area contributed by atoms with Gasteiger partial charge in [0.05, 0.1) is 0 Å². The maximum atomic E-state index is 13.3. The lowest BCUT2D eigenvalue weighted by atomic mass is 9.89. The summed E-state index contributed by atoms with van der Waals surface area (Å²) in [5.74, 6) is -5.21. The van der Waals surface area contributed by atoms with E-state index in [2.05, 4.69) is 0 Å². The summed E-state index contributed by atoms with van der Waals surface area (Å²) in [6.07, 6.45) is -18.8. The van der Waals surface area contributed by atoms with E-state index in [-0.39, 0.29) is 18.2 Å². The highest BCUT2D eigenvalue weighted by Gasteiger charge is 2.71. The highest BCUT2D eigenvalue weighted by molar-refractivity contribution is 5.34. The predicted molar refractivity (Wildman–Crippen MR) is 53.5 cm³/mol. The minimum atomic E-state index is -6.36. The fourth-order valence-corrected chi connectivity index (χ4v) is 1.60. The molecular weight excluding hydrogens is 354 g/mol. The Balaban J connectivity index is 3.60. The third-order valence-electron chi connectivity index (χ3n) is 2.86. The van der Waals surface area contributed by atoms with Crippen LogP contribution in [0.15, 0.2) is 24.3 Å². The Hall–Kier alpha value is -1.56. The van der Waals surface area contributed by atoms with Gasteiger partial charge in [0.2, 0.25) is 0 Å². The minimum Gasteiger partial charge on any atom is -0.369 e. The zero-order chi connectivity index (χ0) is 18.5. The molecule has 0 fully saturated rings. The molecule has 1 atom stereocenters. The molecule has 0 spiro atoms. The molecule has 1 aromatic rings. The molecule has 132 valence electrons. The van der Waals surface area contributed by atoms with Crippen LogP contribution < -0.4 is 0 Å². The van der Waals surface area contributed by atoms with E-state index in [9.17, 15) is 43.9 Å². The topological polar surface area (TPSA) is 40.5 Å². The molecule has 0 aliphatic heterocycles. The number of rotatable bonds is 2. The van der Waals surface area contributed by atoms with Crippen molar-refractivity contribution < 1.29 is 54.1 Å². The first kappa shape index (κ1) is 19.5. The Morgan fingerprint density at radius 3 is 1.35 bits per heavy atom. The molecule has 2 nitrogen and oxygen atoms in total. The molecule has 0 aliphatic rings. The lowest BCUT2D eigenvalue weighted by molar-refractivity contribution is -0.376. The van der Waals surface area contributed by atoms with Gasteiger partial charge in [0.15, 0.2) is 0 Å². The van der Waals surface area contributed by atoms with Gasteiger partial charge in [-0.05, 0) is 6.07 Å². The molecule has 2 N–H and O–H groups in total. The van der Waals surface area contributed by atoms with Gasteiger partial charge >= 0.3 is 24.4 Å². The average molecular weight is 360 g/mol. The molecule has 1 rings (SSSR count). The van der Waals surface area contributed by atoms with Crippen LogP contribution in [-0.4, -0.2) is 28.7 Å². The zero-order valence-corrected chi connectivity index (χ0v) is 10.5. The van der Waals surface area contributed by atoms with E-state index in [1.807, 2.05) is 0 Å². The number of hydrogen-bond donors (Lipinski definition) is 2. The van der Waals surface area contributed by atoms with E-state index in [4.69, 9.17) is 10.2 Å². The predicted octanol–water partition coefficient (Wildman–Crippen LogP) is 3.68. The average Bonchev–Trinajstić information content (AvgIpc) is 2.33. The molecule has 0 heterocycles. The van der Waals surface area contributed by atoms with Gasteiger partial charge in [-0.15, -0.1) is 0 Å². The first-order chi connectivity index (χ1) is 9.96. The van der Waals surface area contributed by atoms with Gasteiger partial charge < -0.3 is 10.2 Å². The molecule has 0 saturated carbocycles. The van der Waals surface area contributed by atoms with Crippen LogP contribution in [0.25, 0.3) is 0 Å². The molecule has 0 amide bonds. The third-order valence-corrected chi connectivity index (χ3v) is 2.86. The number of benzene rings is 1. The quantitative estimate of drug-likeness (QED) is 0.791. The molecular formula is C11H6F10O2. The first-order valence-corrected chi connectivity index (χ1v) is 5.41. The monoisotopic (exact) mass is 360 g/mol. The van der Waals surface area contributed by atoms with Gasteiger partial charge in [-0.25, -0.2) is 0 Å². The smallest absolute Gasteiger partial charge is 0.369 e. The maximum absolute atomic E-state index is 13.3. The van der Waals surface area contributed by atoms with Crippen molar-refractivity contribution in [1.29, 1.82) is 0 Å². The lowest BCUT2D eigenvalue weighted by Gasteiger charge is -2.33. The molecule has 0 radical (unpaired) electrons. The lowest BCUT2D eigenvalue weighted by Crippen LogP contribution is -2.54. The molecule has 0 saturated heterocycles. The fraction of sp³-hybridized carbons (Fsp3) is 0.455. The van der Waals surface area contributed by atoms with Crippen molar-refractivity contribution in [3.8, 4) is 0 Å². The van der Waals surface area contributed by atoms with E-state index in [0.717, 1.165) is 0 Å². The normalized spacial score (nSPS) is 17.0. The van der Waals surface area contributed by atoms with Crippen LogP contribution in [-0.2, 0) is 11.5 Å². The summed E-state index contributed by atoms with van der Waals surface area (Å²) < 4.78 is 126. The summed E-state index contributed by atoms with van der Waals surface area (Å²) >= 11 is 0. The third kappa shape index (κ3) is 3.09. The van der Waals surface area contributed by atoms with E-state index < -0.39 is 47.2 Å². The Bertz CT molecular complexity index is 555. The molecule has 12 heteroatoms. The van der Waals surface area contributed by atoms with Crippen molar-refractivity contribution in [1.82, 2.24) is 0 Å². The second kappa shape index (κ2) is 5.23. The summed E-state index contributed by atoms with van der Waals surface area (Å²) in [6.45, 7) is 0. The fourth-order valence-electron chi connectivity index (χ4n) is 1.60.